The van der Waals surface area contributed by atoms with Gasteiger partial charge in [0.2, 0.25) is 0 Å². The first-order valence-electron chi connectivity index (χ1n) is 6.85. The molecule has 2 heterocycles. The van der Waals surface area contributed by atoms with Crippen LogP contribution in [0.25, 0.3) is 16.9 Å². The number of pyridine rings is 1. The number of carbonyl (C=O) groups excluding carboxylic acids is 1. The van der Waals surface area contributed by atoms with Crippen LogP contribution in [-0.4, -0.2) is 30.3 Å². The minimum absolute atomic E-state index is 0.00216. The summed E-state index contributed by atoms with van der Waals surface area (Å²) in [5.41, 5.74) is 0.769. The van der Waals surface area contributed by atoms with Crippen molar-refractivity contribution in [3.8, 4) is 11.4 Å². The van der Waals surface area contributed by atoms with Crippen molar-refractivity contribution in [1.82, 2.24) is 9.38 Å². The van der Waals surface area contributed by atoms with Crippen LogP contribution < -0.4 is 0 Å². The molecule has 8 heteroatoms. The van der Waals surface area contributed by atoms with Crippen LogP contribution in [0.5, 0.6) is 0 Å². The average molecular weight is 350 g/mol. The Morgan fingerprint density at radius 1 is 1.17 bits per heavy atom. The van der Waals surface area contributed by atoms with Gasteiger partial charge in [0.1, 0.15) is 23.2 Å². The number of halogens is 2. The molecule has 0 aliphatic carbocycles. The normalized spacial score (nSPS) is 11.8. The lowest BCUT2D eigenvalue weighted by Crippen LogP contribution is -2.03. The number of benzene rings is 1. The monoisotopic (exact) mass is 350 g/mol. The Balaban J connectivity index is 2.40. The third-order valence-electron chi connectivity index (χ3n) is 3.67. The van der Waals surface area contributed by atoms with Crippen LogP contribution >= 0.6 is 0 Å². The molecular formula is C16H12F2N2O3S. The predicted octanol–water partition coefficient (Wildman–Crippen LogP) is 2.80. The Morgan fingerprint density at radius 2 is 1.79 bits per heavy atom. The van der Waals surface area contributed by atoms with Gasteiger partial charge >= 0.3 is 0 Å². The van der Waals surface area contributed by atoms with Gasteiger partial charge in [0.25, 0.3) is 0 Å². The summed E-state index contributed by atoms with van der Waals surface area (Å²) in [7, 11) is -3.50. The molecule has 0 saturated carbocycles. The van der Waals surface area contributed by atoms with Crippen molar-refractivity contribution < 1.29 is 22.0 Å². The van der Waals surface area contributed by atoms with Crippen LogP contribution in [-0.2, 0) is 9.84 Å². The zero-order valence-corrected chi connectivity index (χ0v) is 13.6. The van der Waals surface area contributed by atoms with E-state index in [1.165, 1.54) is 16.7 Å². The second-order valence-corrected chi connectivity index (χ2v) is 7.38. The highest BCUT2D eigenvalue weighted by atomic mass is 32.2. The molecule has 0 unspecified atom stereocenters. The SMILES string of the molecule is Cc1c(S(C)(=O)=O)ccn2c(-c3cc(F)cc(F)c3)nc(C=O)c12. The number of carbonyl (C=O) groups is 1. The number of aldehydes is 1. The Bertz CT molecular complexity index is 1070. The number of aromatic nitrogens is 2. The largest absolute Gasteiger partial charge is 0.299 e. The van der Waals surface area contributed by atoms with Crippen LogP contribution in [0.4, 0.5) is 8.78 Å². The zero-order chi connectivity index (χ0) is 17.6. The van der Waals surface area contributed by atoms with Gasteiger partial charge < -0.3 is 0 Å². The molecular weight excluding hydrogens is 338 g/mol. The summed E-state index contributed by atoms with van der Waals surface area (Å²) in [6, 6.07) is 4.28. The first-order valence-corrected chi connectivity index (χ1v) is 8.75. The molecule has 0 saturated heterocycles. The van der Waals surface area contributed by atoms with E-state index in [2.05, 4.69) is 4.98 Å². The van der Waals surface area contributed by atoms with Gasteiger partial charge in [-0.3, -0.25) is 9.20 Å². The van der Waals surface area contributed by atoms with Crippen molar-refractivity contribution in [2.24, 2.45) is 0 Å². The van der Waals surface area contributed by atoms with Crippen LogP contribution in [0.1, 0.15) is 16.1 Å². The molecule has 5 nitrogen and oxygen atoms in total. The maximum Gasteiger partial charge on any atom is 0.175 e. The first kappa shape index (κ1) is 16.3. The smallest absolute Gasteiger partial charge is 0.175 e. The average Bonchev–Trinajstić information content (AvgIpc) is 2.85. The van der Waals surface area contributed by atoms with E-state index >= 15 is 0 Å². The lowest BCUT2D eigenvalue weighted by molar-refractivity contribution is 0.112. The molecule has 0 bridgehead atoms. The quantitative estimate of drug-likeness (QED) is 0.681. The highest BCUT2D eigenvalue weighted by Gasteiger charge is 2.20. The van der Waals surface area contributed by atoms with Gasteiger partial charge in [0.15, 0.2) is 16.1 Å². The van der Waals surface area contributed by atoms with Gasteiger partial charge in [-0.15, -0.1) is 0 Å². The van der Waals surface area contributed by atoms with E-state index < -0.39 is 21.5 Å². The Morgan fingerprint density at radius 3 is 2.33 bits per heavy atom. The molecule has 0 spiro atoms. The fraction of sp³-hybridized carbons (Fsp3) is 0.125. The predicted molar refractivity (Wildman–Crippen MR) is 83.8 cm³/mol. The lowest BCUT2D eigenvalue weighted by atomic mass is 10.2. The van der Waals surface area contributed by atoms with E-state index in [0.717, 1.165) is 24.5 Å². The molecule has 0 aliphatic rings. The van der Waals surface area contributed by atoms with Crippen LogP contribution in [0.2, 0.25) is 0 Å². The minimum Gasteiger partial charge on any atom is -0.299 e. The summed E-state index contributed by atoms with van der Waals surface area (Å²) in [4.78, 5) is 15.5. The zero-order valence-electron chi connectivity index (χ0n) is 12.7. The molecule has 3 aromatic rings. The summed E-state index contributed by atoms with van der Waals surface area (Å²) in [6.45, 7) is 1.55. The maximum atomic E-state index is 13.5. The van der Waals surface area contributed by atoms with E-state index in [1.807, 2.05) is 0 Å². The molecule has 1 aromatic carbocycles. The van der Waals surface area contributed by atoms with Crippen LogP contribution in [0.3, 0.4) is 0 Å². The number of hydrogen-bond donors (Lipinski definition) is 0. The van der Waals surface area contributed by atoms with Gasteiger partial charge in [0.05, 0.1) is 10.4 Å². The van der Waals surface area contributed by atoms with Crippen LogP contribution in [0, 0.1) is 18.6 Å². The maximum absolute atomic E-state index is 13.5. The van der Waals surface area contributed by atoms with E-state index in [0.29, 0.717) is 11.8 Å². The summed E-state index contributed by atoms with van der Waals surface area (Å²) in [5.74, 6) is -1.41. The van der Waals surface area contributed by atoms with Crippen molar-refractivity contribution in [3.05, 3.63) is 53.4 Å². The molecule has 0 radical (unpaired) electrons. The molecule has 3 rings (SSSR count). The summed E-state index contributed by atoms with van der Waals surface area (Å²) < 4.78 is 52.1. The Hall–Kier alpha value is -2.61. The van der Waals surface area contributed by atoms with Crippen molar-refractivity contribution in [2.45, 2.75) is 11.8 Å². The molecule has 0 aliphatic heterocycles. The topological polar surface area (TPSA) is 68.5 Å². The summed E-state index contributed by atoms with van der Waals surface area (Å²) in [5, 5.41) is 0. The molecule has 0 fully saturated rings. The standard InChI is InChI=1S/C16H12F2N2O3S/c1-9-14(24(2,22)23)3-4-20-15(9)13(8-21)19-16(20)10-5-11(17)7-12(18)6-10/h3-8H,1-2H3. The third kappa shape index (κ3) is 2.58. The van der Waals surface area contributed by atoms with E-state index in [9.17, 15) is 22.0 Å². The van der Waals surface area contributed by atoms with E-state index in [4.69, 9.17) is 0 Å². The highest BCUT2D eigenvalue weighted by Crippen LogP contribution is 2.28. The second kappa shape index (κ2) is 5.48. The minimum atomic E-state index is -3.50. The Kier molecular flexibility index (Phi) is 3.71. The third-order valence-corrected chi connectivity index (χ3v) is 4.91. The van der Waals surface area contributed by atoms with Gasteiger partial charge in [-0.05, 0) is 30.7 Å². The number of rotatable bonds is 3. The Labute approximate surface area is 136 Å². The van der Waals surface area contributed by atoms with E-state index in [1.54, 1.807) is 6.92 Å². The van der Waals surface area contributed by atoms with Gasteiger partial charge in [-0.25, -0.2) is 22.2 Å². The number of hydrogen-bond acceptors (Lipinski definition) is 4. The molecule has 124 valence electrons. The molecule has 0 atom stereocenters. The van der Waals surface area contributed by atoms with Crippen molar-refractivity contribution in [3.63, 3.8) is 0 Å². The highest BCUT2D eigenvalue weighted by molar-refractivity contribution is 7.90. The second-order valence-electron chi connectivity index (χ2n) is 5.39. The number of nitrogens with zero attached hydrogens (tertiary/aromatic N) is 2. The summed E-state index contributed by atoms with van der Waals surface area (Å²) >= 11 is 0. The number of aryl methyl sites for hydroxylation is 1. The van der Waals surface area contributed by atoms with E-state index in [-0.39, 0.29) is 27.5 Å². The van der Waals surface area contributed by atoms with Gasteiger partial charge in [-0.2, -0.15) is 0 Å². The fourth-order valence-corrected chi connectivity index (χ4v) is 3.68. The van der Waals surface area contributed by atoms with Crippen molar-refractivity contribution in [2.75, 3.05) is 6.26 Å². The van der Waals surface area contributed by atoms with Gasteiger partial charge in [-0.1, -0.05) is 0 Å². The molecule has 0 N–H and O–H groups in total. The summed E-state index contributed by atoms with van der Waals surface area (Å²) in [6.07, 6.45) is 2.95. The molecule has 24 heavy (non-hydrogen) atoms. The number of fused-ring (bicyclic) bond motifs is 1. The number of sulfone groups is 1. The molecule has 2 aromatic heterocycles. The van der Waals surface area contributed by atoms with Gasteiger partial charge in [0, 0.05) is 24.1 Å². The number of imidazole rings is 1. The van der Waals surface area contributed by atoms with Crippen molar-refractivity contribution >= 4 is 21.6 Å². The van der Waals surface area contributed by atoms with Crippen molar-refractivity contribution in [1.29, 1.82) is 0 Å². The lowest BCUT2D eigenvalue weighted by Gasteiger charge is -2.08. The first-order chi connectivity index (χ1) is 11.2. The molecule has 0 amide bonds. The van der Waals surface area contributed by atoms with Crippen LogP contribution in [0.15, 0.2) is 35.4 Å². The fourth-order valence-electron chi connectivity index (χ4n) is 2.72.